The van der Waals surface area contributed by atoms with E-state index >= 15 is 0 Å². The molecule has 3 rings (SSSR count). The number of carbonyl (C=O) groups is 2. The van der Waals surface area contributed by atoms with Crippen LogP contribution < -0.4 is 0 Å². The van der Waals surface area contributed by atoms with E-state index < -0.39 is 0 Å². The number of ketones is 2. The normalized spacial score (nSPS) is 12.2. The standard InChI is InChI=1S/C20H23N5O2S/c1-6-25-19(15-7-9-21-10-8-15)23-24-20(25)28-14(5)18(27)17-11(2)16(13(4)26)12(3)22-17/h7-10,14,22H,6H2,1-5H3/t14-/m1/s1. The lowest BCUT2D eigenvalue weighted by atomic mass is 10.0. The Morgan fingerprint density at radius 3 is 2.46 bits per heavy atom. The smallest absolute Gasteiger partial charge is 0.192 e. The number of hydrogen-bond acceptors (Lipinski definition) is 6. The average Bonchev–Trinajstić information content (AvgIpc) is 3.21. The fourth-order valence-electron chi connectivity index (χ4n) is 3.31. The summed E-state index contributed by atoms with van der Waals surface area (Å²) >= 11 is 1.36. The number of Topliss-reactive ketones (excluding diaryl/α,β-unsaturated/α-hetero) is 2. The van der Waals surface area contributed by atoms with E-state index in [1.807, 2.05) is 37.5 Å². The van der Waals surface area contributed by atoms with Gasteiger partial charge in [0.1, 0.15) is 0 Å². The van der Waals surface area contributed by atoms with Crippen LogP contribution in [0.3, 0.4) is 0 Å². The fourth-order valence-corrected chi connectivity index (χ4v) is 4.29. The van der Waals surface area contributed by atoms with Gasteiger partial charge in [0.25, 0.3) is 0 Å². The second-order valence-electron chi connectivity index (χ2n) is 6.59. The van der Waals surface area contributed by atoms with Crippen LogP contribution in [0, 0.1) is 13.8 Å². The summed E-state index contributed by atoms with van der Waals surface area (Å²) in [4.78, 5) is 32.0. The molecule has 0 aliphatic heterocycles. The third-order valence-corrected chi connectivity index (χ3v) is 5.74. The molecular weight excluding hydrogens is 374 g/mol. The first-order valence-corrected chi connectivity index (χ1v) is 9.97. The number of H-pyrrole nitrogens is 1. The van der Waals surface area contributed by atoms with Crippen LogP contribution in [0.4, 0.5) is 0 Å². The van der Waals surface area contributed by atoms with Crippen LogP contribution in [0.5, 0.6) is 0 Å². The van der Waals surface area contributed by atoms with Crippen LogP contribution in [0.15, 0.2) is 29.7 Å². The molecule has 3 aromatic rings. The molecule has 0 amide bonds. The lowest BCUT2D eigenvalue weighted by Gasteiger charge is -2.11. The van der Waals surface area contributed by atoms with E-state index in [2.05, 4.69) is 20.2 Å². The Kier molecular flexibility index (Phi) is 5.79. The average molecular weight is 398 g/mol. The number of aryl methyl sites for hydroxylation is 1. The Morgan fingerprint density at radius 1 is 1.21 bits per heavy atom. The van der Waals surface area contributed by atoms with E-state index in [0.29, 0.717) is 28.5 Å². The number of nitrogens with zero attached hydrogens (tertiary/aromatic N) is 4. The number of nitrogens with one attached hydrogen (secondary N) is 1. The van der Waals surface area contributed by atoms with E-state index in [0.717, 1.165) is 17.1 Å². The third-order valence-electron chi connectivity index (χ3n) is 4.66. The van der Waals surface area contributed by atoms with Crippen molar-refractivity contribution in [2.45, 2.75) is 51.6 Å². The van der Waals surface area contributed by atoms with Crippen molar-refractivity contribution in [3.8, 4) is 11.4 Å². The van der Waals surface area contributed by atoms with Crippen molar-refractivity contribution in [3.63, 3.8) is 0 Å². The zero-order valence-electron chi connectivity index (χ0n) is 16.6. The molecule has 1 N–H and O–H groups in total. The highest BCUT2D eigenvalue weighted by molar-refractivity contribution is 8.00. The molecule has 0 bridgehead atoms. The van der Waals surface area contributed by atoms with Gasteiger partial charge in [0.15, 0.2) is 22.5 Å². The largest absolute Gasteiger partial charge is 0.355 e. The van der Waals surface area contributed by atoms with E-state index in [4.69, 9.17) is 0 Å². The maximum atomic E-state index is 13.0. The molecule has 0 unspecified atom stereocenters. The number of rotatable bonds is 7. The highest BCUT2D eigenvalue weighted by Crippen LogP contribution is 2.29. The summed E-state index contributed by atoms with van der Waals surface area (Å²) in [5, 5.41) is 8.90. The zero-order valence-corrected chi connectivity index (χ0v) is 17.4. The van der Waals surface area contributed by atoms with Crippen LogP contribution in [-0.2, 0) is 6.54 Å². The molecule has 0 saturated carbocycles. The van der Waals surface area contributed by atoms with Gasteiger partial charge in [-0.1, -0.05) is 11.8 Å². The van der Waals surface area contributed by atoms with Crippen LogP contribution in [0.1, 0.15) is 52.9 Å². The molecule has 28 heavy (non-hydrogen) atoms. The second-order valence-corrected chi connectivity index (χ2v) is 7.90. The van der Waals surface area contributed by atoms with Gasteiger partial charge in [0, 0.05) is 35.8 Å². The molecule has 0 aliphatic carbocycles. The number of hydrogen-bond donors (Lipinski definition) is 1. The molecule has 0 spiro atoms. The number of thioether (sulfide) groups is 1. The molecule has 0 aliphatic rings. The molecule has 8 heteroatoms. The van der Waals surface area contributed by atoms with Gasteiger partial charge in [-0.25, -0.2) is 0 Å². The van der Waals surface area contributed by atoms with Crippen LogP contribution >= 0.6 is 11.8 Å². The molecule has 3 heterocycles. The van der Waals surface area contributed by atoms with E-state index in [9.17, 15) is 9.59 Å². The van der Waals surface area contributed by atoms with Crippen molar-refractivity contribution in [3.05, 3.63) is 47.0 Å². The Labute approximate surface area is 168 Å². The maximum absolute atomic E-state index is 13.0. The van der Waals surface area contributed by atoms with Crippen molar-refractivity contribution >= 4 is 23.3 Å². The molecule has 0 saturated heterocycles. The molecular formula is C20H23N5O2S. The first-order chi connectivity index (χ1) is 13.3. The minimum atomic E-state index is -0.378. The molecule has 0 radical (unpaired) electrons. The number of pyridine rings is 1. The lowest BCUT2D eigenvalue weighted by Crippen LogP contribution is -2.16. The van der Waals surface area contributed by atoms with Crippen LogP contribution in [-0.4, -0.2) is 41.5 Å². The minimum absolute atomic E-state index is 0.0432. The molecule has 0 fully saturated rings. The molecule has 3 aromatic heterocycles. The van der Waals surface area contributed by atoms with E-state index in [1.165, 1.54) is 18.7 Å². The summed E-state index contributed by atoms with van der Waals surface area (Å²) in [6.45, 7) is 9.68. The quantitative estimate of drug-likeness (QED) is 0.480. The van der Waals surface area contributed by atoms with E-state index in [-0.39, 0.29) is 16.8 Å². The molecule has 1 atom stereocenters. The topological polar surface area (TPSA) is 93.5 Å². The maximum Gasteiger partial charge on any atom is 0.192 e. The zero-order chi connectivity index (χ0) is 20.4. The minimum Gasteiger partial charge on any atom is -0.355 e. The molecule has 7 nitrogen and oxygen atoms in total. The summed E-state index contributed by atoms with van der Waals surface area (Å²) in [5.41, 5.74) is 3.44. The van der Waals surface area contributed by atoms with E-state index in [1.54, 1.807) is 19.3 Å². The Morgan fingerprint density at radius 2 is 1.89 bits per heavy atom. The summed E-state index contributed by atoms with van der Waals surface area (Å²) in [6, 6.07) is 3.76. The third kappa shape index (κ3) is 3.64. The van der Waals surface area contributed by atoms with Gasteiger partial charge in [-0.2, -0.15) is 0 Å². The van der Waals surface area contributed by atoms with Crippen molar-refractivity contribution in [1.82, 2.24) is 24.7 Å². The summed E-state index contributed by atoms with van der Waals surface area (Å²) in [7, 11) is 0. The fraction of sp³-hybridized carbons (Fsp3) is 0.350. The predicted octanol–water partition coefficient (Wildman–Crippen LogP) is 3.87. The number of aromatic nitrogens is 5. The van der Waals surface area contributed by atoms with Crippen molar-refractivity contribution < 1.29 is 9.59 Å². The second kappa shape index (κ2) is 8.10. The number of aromatic amines is 1. The lowest BCUT2D eigenvalue weighted by molar-refractivity contribution is 0.0988. The monoisotopic (exact) mass is 397 g/mol. The van der Waals surface area contributed by atoms with Gasteiger partial charge < -0.3 is 9.55 Å². The predicted molar refractivity (Wildman–Crippen MR) is 109 cm³/mol. The van der Waals surface area contributed by atoms with Crippen molar-refractivity contribution in [1.29, 1.82) is 0 Å². The molecule has 146 valence electrons. The van der Waals surface area contributed by atoms with Crippen molar-refractivity contribution in [2.75, 3.05) is 0 Å². The first-order valence-electron chi connectivity index (χ1n) is 9.09. The molecule has 0 aromatic carbocycles. The van der Waals surface area contributed by atoms with Gasteiger partial charge in [-0.05, 0) is 52.3 Å². The Balaban J connectivity index is 1.87. The van der Waals surface area contributed by atoms with Gasteiger partial charge in [-0.15, -0.1) is 10.2 Å². The SMILES string of the molecule is CCn1c(S[C@H](C)C(=O)c2[nH]c(C)c(C(C)=O)c2C)nnc1-c1ccncc1. The summed E-state index contributed by atoms with van der Waals surface area (Å²) < 4.78 is 1.98. The summed E-state index contributed by atoms with van der Waals surface area (Å²) in [6.07, 6.45) is 3.43. The number of carbonyl (C=O) groups excluding carboxylic acids is 2. The van der Waals surface area contributed by atoms with Gasteiger partial charge in [0.05, 0.1) is 10.9 Å². The highest BCUT2D eigenvalue weighted by Gasteiger charge is 2.26. The highest BCUT2D eigenvalue weighted by atomic mass is 32.2. The first kappa shape index (κ1) is 20.0. The van der Waals surface area contributed by atoms with Gasteiger partial charge in [-0.3, -0.25) is 14.6 Å². The van der Waals surface area contributed by atoms with Crippen molar-refractivity contribution in [2.24, 2.45) is 0 Å². The summed E-state index contributed by atoms with van der Waals surface area (Å²) in [5.74, 6) is 0.644. The van der Waals surface area contributed by atoms with Gasteiger partial charge >= 0.3 is 0 Å². The van der Waals surface area contributed by atoms with Crippen LogP contribution in [0.2, 0.25) is 0 Å². The Bertz CT molecular complexity index is 1020. The van der Waals surface area contributed by atoms with Gasteiger partial charge in [0.2, 0.25) is 0 Å². The Hall–Kier alpha value is -2.74. The van der Waals surface area contributed by atoms with Crippen LogP contribution in [0.25, 0.3) is 11.4 Å².